The van der Waals surface area contributed by atoms with Crippen LogP contribution >= 0.6 is 0 Å². The normalized spacial score (nSPS) is 12.5. The van der Waals surface area contributed by atoms with Gasteiger partial charge in [-0.2, -0.15) is 0 Å². The molecule has 0 aliphatic rings. The fourth-order valence-corrected chi connectivity index (χ4v) is 3.78. The van der Waals surface area contributed by atoms with Crippen molar-refractivity contribution in [2.24, 2.45) is 0 Å². The standard InChI is InChI=1S/C19H24N2O4S/c1-15(23)21-18-7-9-19(10-8-18)26(24,25)20-13-11-17(12-14-22)16-5-3-2-4-6-16/h2-10,17,20,22H,11-14H2,1H3,(H,21,23). The van der Waals surface area contributed by atoms with Crippen molar-refractivity contribution in [2.75, 3.05) is 18.5 Å². The van der Waals surface area contributed by atoms with Gasteiger partial charge in [0, 0.05) is 25.8 Å². The summed E-state index contributed by atoms with van der Waals surface area (Å²) in [6, 6.07) is 15.8. The van der Waals surface area contributed by atoms with Crippen molar-refractivity contribution in [2.45, 2.75) is 30.6 Å². The van der Waals surface area contributed by atoms with E-state index in [1.807, 2.05) is 30.3 Å². The number of amides is 1. The molecular weight excluding hydrogens is 352 g/mol. The van der Waals surface area contributed by atoms with Gasteiger partial charge in [0.05, 0.1) is 4.90 Å². The number of rotatable bonds is 9. The van der Waals surface area contributed by atoms with E-state index in [1.54, 1.807) is 12.1 Å². The summed E-state index contributed by atoms with van der Waals surface area (Å²) in [6.07, 6.45) is 1.17. The van der Waals surface area contributed by atoms with Crippen LogP contribution in [0.4, 0.5) is 5.69 Å². The van der Waals surface area contributed by atoms with Gasteiger partial charge in [-0.3, -0.25) is 4.79 Å². The lowest BCUT2D eigenvalue weighted by molar-refractivity contribution is -0.114. The lowest BCUT2D eigenvalue weighted by atomic mass is 9.93. The summed E-state index contributed by atoms with van der Waals surface area (Å²) in [5.41, 5.74) is 1.63. The summed E-state index contributed by atoms with van der Waals surface area (Å²) in [6.45, 7) is 1.72. The van der Waals surface area contributed by atoms with E-state index in [-0.39, 0.29) is 29.9 Å². The highest BCUT2D eigenvalue weighted by atomic mass is 32.2. The Morgan fingerprint density at radius 3 is 2.27 bits per heavy atom. The van der Waals surface area contributed by atoms with Crippen LogP contribution in [0.3, 0.4) is 0 Å². The largest absolute Gasteiger partial charge is 0.396 e. The van der Waals surface area contributed by atoms with E-state index < -0.39 is 10.0 Å². The van der Waals surface area contributed by atoms with Crippen molar-refractivity contribution in [1.29, 1.82) is 0 Å². The minimum Gasteiger partial charge on any atom is -0.396 e. The van der Waals surface area contributed by atoms with Crippen LogP contribution in [0.2, 0.25) is 0 Å². The molecule has 1 unspecified atom stereocenters. The van der Waals surface area contributed by atoms with Gasteiger partial charge in [-0.25, -0.2) is 13.1 Å². The van der Waals surface area contributed by atoms with Gasteiger partial charge in [0.25, 0.3) is 0 Å². The van der Waals surface area contributed by atoms with Crippen molar-refractivity contribution < 1.29 is 18.3 Å². The molecule has 2 rings (SSSR count). The second kappa shape index (κ2) is 9.47. The number of aliphatic hydroxyl groups excluding tert-OH is 1. The molecule has 0 aromatic heterocycles. The molecule has 26 heavy (non-hydrogen) atoms. The van der Waals surface area contributed by atoms with Crippen LogP contribution in [0.25, 0.3) is 0 Å². The Kier molecular flexibility index (Phi) is 7.32. The minimum atomic E-state index is -3.62. The van der Waals surface area contributed by atoms with Crippen LogP contribution in [0.15, 0.2) is 59.5 Å². The second-order valence-electron chi connectivity index (χ2n) is 6.01. The molecule has 0 heterocycles. The van der Waals surface area contributed by atoms with Gasteiger partial charge in [-0.15, -0.1) is 0 Å². The lowest BCUT2D eigenvalue weighted by Gasteiger charge is -2.16. The third-order valence-corrected chi connectivity index (χ3v) is 5.50. The zero-order valence-electron chi connectivity index (χ0n) is 14.7. The monoisotopic (exact) mass is 376 g/mol. The average Bonchev–Trinajstić information content (AvgIpc) is 2.61. The van der Waals surface area contributed by atoms with Crippen LogP contribution in [0.5, 0.6) is 0 Å². The van der Waals surface area contributed by atoms with E-state index >= 15 is 0 Å². The highest BCUT2D eigenvalue weighted by Crippen LogP contribution is 2.23. The second-order valence-corrected chi connectivity index (χ2v) is 7.78. The van der Waals surface area contributed by atoms with Crippen molar-refractivity contribution in [3.8, 4) is 0 Å². The third kappa shape index (κ3) is 5.94. The Balaban J connectivity index is 1.97. The Morgan fingerprint density at radius 2 is 1.69 bits per heavy atom. The summed E-state index contributed by atoms with van der Waals surface area (Å²) < 4.78 is 27.4. The van der Waals surface area contributed by atoms with Crippen LogP contribution in [0.1, 0.15) is 31.2 Å². The van der Waals surface area contributed by atoms with Gasteiger partial charge in [-0.05, 0) is 48.6 Å². The van der Waals surface area contributed by atoms with E-state index in [2.05, 4.69) is 10.0 Å². The maximum atomic E-state index is 12.4. The van der Waals surface area contributed by atoms with Crippen LogP contribution in [0, 0.1) is 0 Å². The first-order valence-electron chi connectivity index (χ1n) is 8.45. The number of nitrogens with one attached hydrogen (secondary N) is 2. The molecule has 0 saturated carbocycles. The summed E-state index contributed by atoms with van der Waals surface area (Å²) in [5.74, 6) is -0.124. The van der Waals surface area contributed by atoms with E-state index in [1.165, 1.54) is 19.1 Å². The summed E-state index contributed by atoms with van der Waals surface area (Å²) >= 11 is 0. The van der Waals surface area contributed by atoms with E-state index in [4.69, 9.17) is 0 Å². The first-order chi connectivity index (χ1) is 12.4. The Morgan fingerprint density at radius 1 is 1.04 bits per heavy atom. The molecule has 1 atom stereocenters. The van der Waals surface area contributed by atoms with Crippen molar-refractivity contribution >= 4 is 21.6 Å². The lowest BCUT2D eigenvalue weighted by Crippen LogP contribution is -2.26. The highest BCUT2D eigenvalue weighted by molar-refractivity contribution is 7.89. The first kappa shape index (κ1) is 20.1. The minimum absolute atomic E-state index is 0.0525. The molecule has 3 N–H and O–H groups in total. The van der Waals surface area contributed by atoms with Gasteiger partial charge in [0.15, 0.2) is 0 Å². The number of carbonyl (C=O) groups excluding carboxylic acids is 1. The van der Waals surface area contributed by atoms with Gasteiger partial charge in [0.2, 0.25) is 15.9 Å². The first-order valence-corrected chi connectivity index (χ1v) is 9.94. The predicted molar refractivity (Wildman–Crippen MR) is 101 cm³/mol. The van der Waals surface area contributed by atoms with Crippen molar-refractivity contribution in [1.82, 2.24) is 4.72 Å². The average molecular weight is 376 g/mol. The number of carbonyl (C=O) groups is 1. The summed E-state index contributed by atoms with van der Waals surface area (Å²) in [7, 11) is -3.62. The third-order valence-electron chi connectivity index (χ3n) is 4.02. The number of anilines is 1. The van der Waals surface area contributed by atoms with Crippen LogP contribution in [-0.4, -0.2) is 32.6 Å². The fraction of sp³-hybridized carbons (Fsp3) is 0.316. The highest BCUT2D eigenvalue weighted by Gasteiger charge is 2.16. The van der Waals surface area contributed by atoms with Crippen LogP contribution < -0.4 is 10.0 Å². The fourth-order valence-electron chi connectivity index (χ4n) is 2.73. The Bertz CT molecular complexity index is 805. The van der Waals surface area contributed by atoms with Crippen molar-refractivity contribution in [3.05, 3.63) is 60.2 Å². The zero-order valence-corrected chi connectivity index (χ0v) is 15.5. The maximum absolute atomic E-state index is 12.4. The van der Waals surface area contributed by atoms with Crippen LogP contribution in [-0.2, 0) is 14.8 Å². The SMILES string of the molecule is CC(=O)Nc1ccc(S(=O)(=O)NCCC(CCO)c2ccccc2)cc1. The molecule has 1 amide bonds. The van der Waals surface area contributed by atoms with E-state index in [0.29, 0.717) is 18.5 Å². The number of aliphatic hydroxyl groups is 1. The number of hydrogen-bond acceptors (Lipinski definition) is 4. The topological polar surface area (TPSA) is 95.5 Å². The van der Waals surface area contributed by atoms with Gasteiger partial charge in [-0.1, -0.05) is 30.3 Å². The molecule has 2 aromatic carbocycles. The molecule has 7 heteroatoms. The quantitative estimate of drug-likeness (QED) is 0.626. The number of hydrogen-bond donors (Lipinski definition) is 3. The number of sulfonamides is 1. The molecule has 0 radical (unpaired) electrons. The molecule has 0 aliphatic carbocycles. The summed E-state index contributed by atoms with van der Waals surface area (Å²) in [5, 5.41) is 11.9. The molecule has 0 fully saturated rings. The maximum Gasteiger partial charge on any atom is 0.240 e. The zero-order chi connectivity index (χ0) is 19.0. The van der Waals surface area contributed by atoms with Gasteiger partial charge >= 0.3 is 0 Å². The van der Waals surface area contributed by atoms with Gasteiger partial charge < -0.3 is 10.4 Å². The molecule has 6 nitrogen and oxygen atoms in total. The van der Waals surface area contributed by atoms with E-state index in [0.717, 1.165) is 5.56 Å². The Hall–Kier alpha value is -2.22. The molecule has 0 aliphatic heterocycles. The molecule has 0 bridgehead atoms. The molecule has 0 saturated heterocycles. The predicted octanol–water partition coefficient (Wildman–Crippen LogP) is 2.48. The summed E-state index contributed by atoms with van der Waals surface area (Å²) in [4.78, 5) is 11.2. The number of benzene rings is 2. The Labute approximate surface area is 154 Å². The van der Waals surface area contributed by atoms with E-state index in [9.17, 15) is 18.3 Å². The van der Waals surface area contributed by atoms with Crippen molar-refractivity contribution in [3.63, 3.8) is 0 Å². The van der Waals surface area contributed by atoms with Gasteiger partial charge in [0.1, 0.15) is 0 Å². The molecule has 0 spiro atoms. The molecular formula is C19H24N2O4S. The smallest absolute Gasteiger partial charge is 0.240 e. The molecule has 2 aromatic rings. The molecule has 140 valence electrons.